The third kappa shape index (κ3) is 5.16. The molecule has 1 saturated heterocycles. The molecule has 0 spiro atoms. The zero-order chi connectivity index (χ0) is 23.8. The lowest BCUT2D eigenvalue weighted by molar-refractivity contribution is 0.0397. The number of rotatable bonds is 7. The molecule has 1 aliphatic heterocycles. The Morgan fingerprint density at radius 3 is 2.55 bits per heavy atom. The zero-order valence-corrected chi connectivity index (χ0v) is 21.7. The minimum atomic E-state index is 0.0969. The van der Waals surface area contributed by atoms with Gasteiger partial charge in [-0.25, -0.2) is 0 Å². The van der Waals surface area contributed by atoms with Crippen molar-refractivity contribution in [3.05, 3.63) is 59.3 Å². The molecular weight excluding hydrogens is 408 g/mol. The summed E-state index contributed by atoms with van der Waals surface area (Å²) in [6.45, 7) is 16.2. The number of allylic oxidation sites excluding steroid dienone is 5. The van der Waals surface area contributed by atoms with Gasteiger partial charge in [0.25, 0.3) is 0 Å². The summed E-state index contributed by atoms with van der Waals surface area (Å²) in [6, 6.07) is 0. The predicted molar refractivity (Wildman–Crippen MR) is 136 cm³/mol. The number of methoxy groups -OCH3 is 1. The monoisotopic (exact) mass is 452 g/mol. The molecular formula is C30H44O3. The fourth-order valence-corrected chi connectivity index (χ4v) is 6.17. The Hall–Kier alpha value is -1.42. The Bertz CT molecular complexity index is 867. The molecule has 0 aromatic heterocycles. The lowest BCUT2D eigenvalue weighted by Crippen LogP contribution is -2.31. The fraction of sp³-hybridized carbons (Fsp3) is 0.667. The molecule has 1 saturated carbocycles. The van der Waals surface area contributed by atoms with E-state index < -0.39 is 0 Å². The third-order valence-corrected chi connectivity index (χ3v) is 8.22. The molecule has 3 heteroatoms. The first-order valence-corrected chi connectivity index (χ1v) is 12.9. The average Bonchev–Trinajstić information content (AvgIpc) is 3.30. The maximum Gasteiger partial charge on any atom is 0.147 e. The Morgan fingerprint density at radius 2 is 1.91 bits per heavy atom. The summed E-state index contributed by atoms with van der Waals surface area (Å²) in [5, 5.41) is 0. The van der Waals surface area contributed by atoms with Crippen molar-refractivity contribution in [1.29, 1.82) is 0 Å². The molecule has 6 unspecified atom stereocenters. The standard InChI is InChI=1S/C30H44O3/c1-8-10-22-16-27-28(33-19-32-27)17-24(22)30(6)18-25(30)23-12-11-21(13-14-29(3,4)5)26(31-7)15-20(23)9-2/h9,11-14,20,25-28H,2,8,10,15-19H2,1,3-7H3. The first-order valence-electron chi connectivity index (χ1n) is 12.9. The van der Waals surface area contributed by atoms with Crippen LogP contribution in [0, 0.1) is 22.7 Å². The third-order valence-electron chi connectivity index (χ3n) is 8.22. The first-order chi connectivity index (χ1) is 15.7. The Kier molecular flexibility index (Phi) is 7.24. The smallest absolute Gasteiger partial charge is 0.147 e. The highest BCUT2D eigenvalue weighted by molar-refractivity contribution is 5.43. The van der Waals surface area contributed by atoms with Crippen molar-refractivity contribution in [2.45, 2.75) is 91.5 Å². The molecule has 0 amide bonds. The molecule has 6 atom stereocenters. The Labute approximate surface area is 201 Å². The van der Waals surface area contributed by atoms with Gasteiger partial charge in [0.15, 0.2) is 0 Å². The van der Waals surface area contributed by atoms with E-state index in [0.717, 1.165) is 19.3 Å². The summed E-state index contributed by atoms with van der Waals surface area (Å²) in [7, 11) is 1.83. The molecule has 3 nitrogen and oxygen atoms in total. The van der Waals surface area contributed by atoms with Crippen molar-refractivity contribution in [2.24, 2.45) is 22.7 Å². The summed E-state index contributed by atoms with van der Waals surface area (Å²) in [5.74, 6) is 0.914. The van der Waals surface area contributed by atoms with Crippen molar-refractivity contribution >= 4 is 0 Å². The van der Waals surface area contributed by atoms with E-state index in [9.17, 15) is 0 Å². The number of ether oxygens (including phenoxy) is 3. The first kappa shape index (κ1) is 24.7. The molecule has 0 radical (unpaired) electrons. The summed E-state index contributed by atoms with van der Waals surface area (Å²) in [5.41, 5.74) is 6.48. The van der Waals surface area contributed by atoms with Crippen LogP contribution in [-0.4, -0.2) is 32.2 Å². The van der Waals surface area contributed by atoms with Crippen molar-refractivity contribution in [2.75, 3.05) is 13.9 Å². The molecule has 0 aromatic carbocycles. The van der Waals surface area contributed by atoms with Crippen LogP contribution >= 0.6 is 0 Å². The van der Waals surface area contributed by atoms with Crippen LogP contribution in [0.2, 0.25) is 0 Å². The largest absolute Gasteiger partial charge is 0.377 e. The van der Waals surface area contributed by atoms with E-state index in [1.165, 1.54) is 30.4 Å². The van der Waals surface area contributed by atoms with Crippen molar-refractivity contribution < 1.29 is 14.2 Å². The minimum Gasteiger partial charge on any atom is -0.377 e. The molecule has 1 heterocycles. The van der Waals surface area contributed by atoms with Gasteiger partial charge in [-0.15, -0.1) is 6.58 Å². The maximum absolute atomic E-state index is 5.96. The van der Waals surface area contributed by atoms with Crippen LogP contribution in [0.25, 0.3) is 0 Å². The van der Waals surface area contributed by atoms with Crippen molar-refractivity contribution in [1.82, 2.24) is 0 Å². The molecule has 0 bridgehead atoms. The van der Waals surface area contributed by atoms with E-state index in [1.807, 2.05) is 7.11 Å². The van der Waals surface area contributed by atoms with Crippen LogP contribution in [0.5, 0.6) is 0 Å². The summed E-state index contributed by atoms with van der Waals surface area (Å²) >= 11 is 0. The molecule has 0 aromatic rings. The molecule has 182 valence electrons. The van der Waals surface area contributed by atoms with Crippen molar-refractivity contribution in [3.63, 3.8) is 0 Å². The van der Waals surface area contributed by atoms with Gasteiger partial charge < -0.3 is 14.2 Å². The van der Waals surface area contributed by atoms with E-state index in [1.54, 1.807) is 11.1 Å². The predicted octanol–water partition coefficient (Wildman–Crippen LogP) is 7.32. The van der Waals surface area contributed by atoms with E-state index in [2.05, 4.69) is 71.6 Å². The lowest BCUT2D eigenvalue weighted by Gasteiger charge is -2.32. The highest BCUT2D eigenvalue weighted by Gasteiger charge is 2.57. The molecule has 4 rings (SSSR count). The molecule has 4 aliphatic rings. The van der Waals surface area contributed by atoms with Crippen LogP contribution in [0.1, 0.15) is 73.1 Å². The van der Waals surface area contributed by atoms with Crippen LogP contribution in [-0.2, 0) is 14.2 Å². The Balaban J connectivity index is 1.63. The van der Waals surface area contributed by atoms with E-state index in [-0.39, 0.29) is 29.1 Å². The van der Waals surface area contributed by atoms with E-state index in [4.69, 9.17) is 14.2 Å². The summed E-state index contributed by atoms with van der Waals surface area (Å²) in [4.78, 5) is 0. The summed E-state index contributed by atoms with van der Waals surface area (Å²) in [6.07, 6.45) is 18.6. The van der Waals surface area contributed by atoms with Gasteiger partial charge in [0.1, 0.15) is 6.79 Å². The van der Waals surface area contributed by atoms with Crippen LogP contribution in [0.3, 0.4) is 0 Å². The van der Waals surface area contributed by atoms with Gasteiger partial charge in [-0.05, 0) is 54.4 Å². The topological polar surface area (TPSA) is 27.7 Å². The second-order valence-corrected chi connectivity index (χ2v) is 11.8. The van der Waals surface area contributed by atoms with Crippen LogP contribution < -0.4 is 0 Å². The van der Waals surface area contributed by atoms with Gasteiger partial charge in [0, 0.05) is 13.0 Å². The molecule has 2 fully saturated rings. The van der Waals surface area contributed by atoms with Crippen LogP contribution in [0.4, 0.5) is 0 Å². The van der Waals surface area contributed by atoms with Gasteiger partial charge in [0.2, 0.25) is 0 Å². The lowest BCUT2D eigenvalue weighted by atomic mass is 9.76. The minimum absolute atomic E-state index is 0.0969. The summed E-state index contributed by atoms with van der Waals surface area (Å²) < 4.78 is 17.8. The highest BCUT2D eigenvalue weighted by atomic mass is 16.7. The van der Waals surface area contributed by atoms with Gasteiger partial charge in [-0.2, -0.15) is 0 Å². The van der Waals surface area contributed by atoms with E-state index >= 15 is 0 Å². The zero-order valence-electron chi connectivity index (χ0n) is 21.7. The second-order valence-electron chi connectivity index (χ2n) is 11.8. The van der Waals surface area contributed by atoms with Crippen molar-refractivity contribution in [3.8, 4) is 0 Å². The number of hydrogen-bond donors (Lipinski definition) is 0. The molecule has 0 N–H and O–H groups in total. The molecule has 3 aliphatic carbocycles. The highest BCUT2D eigenvalue weighted by Crippen LogP contribution is 2.65. The van der Waals surface area contributed by atoms with Crippen LogP contribution in [0.15, 0.2) is 59.3 Å². The Morgan fingerprint density at radius 1 is 1.18 bits per heavy atom. The maximum atomic E-state index is 5.96. The fourth-order valence-electron chi connectivity index (χ4n) is 6.17. The van der Waals surface area contributed by atoms with Gasteiger partial charge in [0.05, 0.1) is 18.3 Å². The normalized spacial score (nSPS) is 37.0. The number of hydrogen-bond acceptors (Lipinski definition) is 3. The average molecular weight is 453 g/mol. The molecule has 33 heavy (non-hydrogen) atoms. The number of fused-ring (bicyclic) bond motifs is 1. The van der Waals surface area contributed by atoms with Gasteiger partial charge in [-0.1, -0.05) is 88.1 Å². The van der Waals surface area contributed by atoms with Gasteiger partial charge >= 0.3 is 0 Å². The van der Waals surface area contributed by atoms with Gasteiger partial charge in [-0.3, -0.25) is 0 Å². The SMILES string of the molecule is C=CC1CC(OC)C(C=CC(C)(C)C)=CC=C1C1CC1(C)C1=C(CCC)CC2OCOC2C1. The quantitative estimate of drug-likeness (QED) is 0.379. The van der Waals surface area contributed by atoms with E-state index in [0.29, 0.717) is 18.6 Å². The second kappa shape index (κ2) is 9.68.